The Balaban J connectivity index is 1.65. The smallest absolute Gasteiger partial charge is 0.349 e. The SMILES string of the molecule is Cc1cc(CCCc2ccccc2)oc(=O)c1C(=O)N1CCC(O)(CO)CC1. The summed E-state index contributed by atoms with van der Waals surface area (Å²) in [5.41, 5.74) is 0.156. The number of carbonyl (C=O) groups excluding carboxylic acids is 1. The van der Waals surface area contributed by atoms with Crippen molar-refractivity contribution in [3.8, 4) is 0 Å². The van der Waals surface area contributed by atoms with Gasteiger partial charge in [0.15, 0.2) is 0 Å². The van der Waals surface area contributed by atoms with Crippen molar-refractivity contribution < 1.29 is 19.4 Å². The highest BCUT2D eigenvalue weighted by molar-refractivity contribution is 5.95. The molecule has 2 N–H and O–H groups in total. The van der Waals surface area contributed by atoms with E-state index in [1.54, 1.807) is 17.9 Å². The number of aliphatic hydroxyl groups excluding tert-OH is 1. The summed E-state index contributed by atoms with van der Waals surface area (Å²) in [6.07, 6.45) is 2.96. The van der Waals surface area contributed by atoms with Gasteiger partial charge in [-0.25, -0.2) is 4.79 Å². The van der Waals surface area contributed by atoms with Gasteiger partial charge in [0.25, 0.3) is 5.91 Å². The molecule has 1 aromatic heterocycles. The zero-order valence-electron chi connectivity index (χ0n) is 16.2. The second kappa shape index (κ2) is 8.71. The summed E-state index contributed by atoms with van der Waals surface area (Å²) < 4.78 is 5.41. The number of amides is 1. The number of aryl methyl sites for hydroxylation is 3. The molecule has 2 heterocycles. The molecule has 0 bridgehead atoms. The first-order valence-electron chi connectivity index (χ1n) is 9.72. The molecule has 1 aromatic carbocycles. The number of rotatable bonds is 6. The summed E-state index contributed by atoms with van der Waals surface area (Å²) in [6.45, 7) is 2.02. The van der Waals surface area contributed by atoms with Crippen LogP contribution in [-0.2, 0) is 12.8 Å². The van der Waals surface area contributed by atoms with Crippen molar-refractivity contribution in [2.75, 3.05) is 19.7 Å². The van der Waals surface area contributed by atoms with Crippen LogP contribution in [0.2, 0.25) is 0 Å². The Bertz CT molecular complexity index is 866. The van der Waals surface area contributed by atoms with E-state index in [1.807, 2.05) is 18.2 Å². The van der Waals surface area contributed by atoms with Gasteiger partial charge in [0, 0.05) is 19.5 Å². The summed E-state index contributed by atoms with van der Waals surface area (Å²) >= 11 is 0. The van der Waals surface area contributed by atoms with Gasteiger partial charge in [-0.1, -0.05) is 30.3 Å². The maximum Gasteiger partial charge on any atom is 0.349 e. The van der Waals surface area contributed by atoms with E-state index in [9.17, 15) is 19.8 Å². The van der Waals surface area contributed by atoms with Gasteiger partial charge < -0.3 is 19.5 Å². The molecule has 150 valence electrons. The lowest BCUT2D eigenvalue weighted by molar-refractivity contribution is -0.0546. The van der Waals surface area contributed by atoms with Crippen molar-refractivity contribution in [3.05, 3.63) is 69.3 Å². The molecule has 0 saturated carbocycles. The van der Waals surface area contributed by atoms with Gasteiger partial charge in [-0.2, -0.15) is 0 Å². The molecule has 0 spiro atoms. The van der Waals surface area contributed by atoms with Gasteiger partial charge in [-0.3, -0.25) is 4.79 Å². The average molecular weight is 385 g/mol. The van der Waals surface area contributed by atoms with Gasteiger partial charge in [-0.15, -0.1) is 0 Å². The fourth-order valence-electron chi connectivity index (χ4n) is 3.61. The lowest BCUT2D eigenvalue weighted by Gasteiger charge is -2.36. The molecule has 2 aromatic rings. The van der Waals surface area contributed by atoms with E-state index >= 15 is 0 Å². The van der Waals surface area contributed by atoms with Crippen molar-refractivity contribution in [2.24, 2.45) is 0 Å². The molecule has 6 heteroatoms. The minimum atomic E-state index is -1.14. The molecule has 3 rings (SSSR count). The predicted molar refractivity (Wildman–Crippen MR) is 105 cm³/mol. The Morgan fingerprint density at radius 1 is 1.18 bits per heavy atom. The molecule has 1 amide bonds. The van der Waals surface area contributed by atoms with E-state index in [1.165, 1.54) is 5.56 Å². The van der Waals surface area contributed by atoms with Crippen LogP contribution in [0.15, 0.2) is 45.6 Å². The fourth-order valence-corrected chi connectivity index (χ4v) is 3.61. The minimum absolute atomic E-state index is 0.0567. The third-order valence-electron chi connectivity index (χ3n) is 5.42. The summed E-state index contributed by atoms with van der Waals surface area (Å²) in [4.78, 5) is 26.8. The molecule has 0 radical (unpaired) electrons. The van der Waals surface area contributed by atoms with Crippen LogP contribution < -0.4 is 5.63 Å². The van der Waals surface area contributed by atoms with Crippen LogP contribution in [0.1, 0.15) is 46.5 Å². The lowest BCUT2D eigenvalue weighted by atomic mass is 9.92. The molecule has 1 aliphatic heterocycles. The maximum absolute atomic E-state index is 12.8. The summed E-state index contributed by atoms with van der Waals surface area (Å²) in [5.74, 6) is 0.213. The third kappa shape index (κ3) is 4.69. The number of hydrogen-bond acceptors (Lipinski definition) is 5. The highest BCUT2D eigenvalue weighted by Gasteiger charge is 2.34. The molecule has 0 atom stereocenters. The number of benzene rings is 1. The normalized spacial score (nSPS) is 16.2. The molecule has 0 aliphatic carbocycles. The number of piperidine rings is 1. The van der Waals surface area contributed by atoms with Crippen LogP contribution in [-0.4, -0.2) is 46.3 Å². The van der Waals surface area contributed by atoms with Crippen molar-refractivity contribution in [3.63, 3.8) is 0 Å². The van der Waals surface area contributed by atoms with E-state index in [0.717, 1.165) is 12.8 Å². The van der Waals surface area contributed by atoms with E-state index in [0.29, 0.717) is 30.8 Å². The molecule has 1 fully saturated rings. The van der Waals surface area contributed by atoms with Crippen LogP contribution in [0.3, 0.4) is 0 Å². The first kappa shape index (κ1) is 20.3. The Hall–Kier alpha value is -2.44. The van der Waals surface area contributed by atoms with Crippen LogP contribution in [0.5, 0.6) is 0 Å². The van der Waals surface area contributed by atoms with Crippen molar-refractivity contribution in [1.29, 1.82) is 0 Å². The second-order valence-electron chi connectivity index (χ2n) is 7.57. The van der Waals surface area contributed by atoms with E-state index in [4.69, 9.17) is 4.42 Å². The quantitative estimate of drug-likeness (QED) is 0.795. The van der Waals surface area contributed by atoms with E-state index in [-0.39, 0.29) is 30.9 Å². The van der Waals surface area contributed by atoms with Crippen LogP contribution >= 0.6 is 0 Å². The summed E-state index contributed by atoms with van der Waals surface area (Å²) in [6, 6.07) is 11.9. The standard InChI is InChI=1S/C22H27NO5/c1-16-14-18(9-5-8-17-6-3-2-4-7-17)28-21(26)19(16)20(25)23-12-10-22(27,15-24)11-13-23/h2-4,6-7,14,24,27H,5,8-13,15H2,1H3. The monoisotopic (exact) mass is 385 g/mol. The Morgan fingerprint density at radius 2 is 1.86 bits per heavy atom. The highest BCUT2D eigenvalue weighted by atomic mass is 16.4. The highest BCUT2D eigenvalue weighted by Crippen LogP contribution is 2.23. The van der Waals surface area contributed by atoms with Gasteiger partial charge in [0.2, 0.25) is 0 Å². The average Bonchev–Trinajstić information content (AvgIpc) is 2.69. The van der Waals surface area contributed by atoms with Gasteiger partial charge >= 0.3 is 5.63 Å². The minimum Gasteiger partial charge on any atom is -0.427 e. The number of hydrogen-bond donors (Lipinski definition) is 2. The maximum atomic E-state index is 12.8. The topological polar surface area (TPSA) is 91.0 Å². The second-order valence-corrected chi connectivity index (χ2v) is 7.57. The number of carbonyl (C=O) groups is 1. The van der Waals surface area contributed by atoms with Gasteiger partial charge in [0.1, 0.15) is 11.3 Å². The predicted octanol–water partition coefficient (Wildman–Crippen LogP) is 2.08. The third-order valence-corrected chi connectivity index (χ3v) is 5.42. The molecule has 6 nitrogen and oxygen atoms in total. The zero-order valence-corrected chi connectivity index (χ0v) is 16.2. The Kier molecular flexibility index (Phi) is 6.31. The van der Waals surface area contributed by atoms with Gasteiger partial charge in [0.05, 0.1) is 12.2 Å². The molecular weight excluding hydrogens is 358 g/mol. The summed E-state index contributed by atoms with van der Waals surface area (Å²) in [5, 5.41) is 19.3. The Morgan fingerprint density at radius 3 is 2.46 bits per heavy atom. The molecular formula is C22H27NO5. The van der Waals surface area contributed by atoms with Gasteiger partial charge in [-0.05, 0) is 49.8 Å². The van der Waals surface area contributed by atoms with Crippen molar-refractivity contribution in [2.45, 2.75) is 44.6 Å². The Labute approximate surface area is 164 Å². The fraction of sp³-hybridized carbons (Fsp3) is 0.455. The molecule has 1 aliphatic rings. The molecule has 0 unspecified atom stereocenters. The number of nitrogens with zero attached hydrogens (tertiary/aromatic N) is 1. The van der Waals surface area contributed by atoms with Crippen LogP contribution in [0, 0.1) is 6.92 Å². The van der Waals surface area contributed by atoms with Crippen molar-refractivity contribution >= 4 is 5.91 Å². The first-order chi connectivity index (χ1) is 13.4. The van der Waals surface area contributed by atoms with Crippen LogP contribution in [0.25, 0.3) is 0 Å². The van der Waals surface area contributed by atoms with Crippen LogP contribution in [0.4, 0.5) is 0 Å². The number of aliphatic hydroxyl groups is 2. The lowest BCUT2D eigenvalue weighted by Crippen LogP contribution is -2.49. The zero-order chi connectivity index (χ0) is 20.1. The van der Waals surface area contributed by atoms with Crippen molar-refractivity contribution in [1.82, 2.24) is 4.90 Å². The van der Waals surface area contributed by atoms with E-state index in [2.05, 4.69) is 12.1 Å². The first-order valence-corrected chi connectivity index (χ1v) is 9.72. The molecule has 1 saturated heterocycles. The molecule has 28 heavy (non-hydrogen) atoms. The largest absolute Gasteiger partial charge is 0.427 e. The number of likely N-dealkylation sites (tertiary alicyclic amines) is 1. The summed E-state index contributed by atoms with van der Waals surface area (Å²) in [7, 11) is 0. The van der Waals surface area contributed by atoms with E-state index < -0.39 is 11.2 Å².